The Kier molecular flexibility index (Phi) is 5.37. The lowest BCUT2D eigenvalue weighted by Gasteiger charge is -2.21. The van der Waals surface area contributed by atoms with Gasteiger partial charge in [0.15, 0.2) is 0 Å². The molecule has 2 rings (SSSR count). The summed E-state index contributed by atoms with van der Waals surface area (Å²) in [6, 6.07) is 6.58. The summed E-state index contributed by atoms with van der Waals surface area (Å²) in [4.78, 5) is 4.42. The van der Waals surface area contributed by atoms with Crippen LogP contribution in [-0.4, -0.2) is 21.3 Å². The van der Waals surface area contributed by atoms with E-state index in [1.165, 1.54) is 11.1 Å². The van der Waals surface area contributed by atoms with Gasteiger partial charge in [-0.2, -0.15) is 5.10 Å². The molecule has 1 aromatic carbocycles. The van der Waals surface area contributed by atoms with Gasteiger partial charge in [-0.05, 0) is 50.6 Å². The van der Waals surface area contributed by atoms with Crippen molar-refractivity contribution in [1.82, 2.24) is 20.1 Å². The minimum Gasteiger partial charge on any atom is -0.310 e. The third kappa shape index (κ3) is 3.83. The molecule has 21 heavy (non-hydrogen) atoms. The summed E-state index contributed by atoms with van der Waals surface area (Å²) in [5.74, 6) is 1.00. The number of aromatic nitrogens is 3. The van der Waals surface area contributed by atoms with Gasteiger partial charge in [-0.15, -0.1) is 0 Å². The molecule has 5 heteroatoms. The molecule has 0 aliphatic rings. The lowest BCUT2D eigenvalue weighted by molar-refractivity contribution is 0.468. The van der Waals surface area contributed by atoms with Crippen molar-refractivity contribution in [2.24, 2.45) is 0 Å². The van der Waals surface area contributed by atoms with E-state index < -0.39 is 0 Å². The first-order valence-corrected chi connectivity index (χ1v) is 7.78. The number of hydrogen-bond donors (Lipinski definition) is 1. The largest absolute Gasteiger partial charge is 0.310 e. The maximum atomic E-state index is 6.06. The maximum absolute atomic E-state index is 6.06. The smallest absolute Gasteiger partial charge is 0.138 e. The fraction of sp³-hybridized carbons (Fsp3) is 0.500. The highest BCUT2D eigenvalue weighted by Gasteiger charge is 2.18. The zero-order valence-corrected chi connectivity index (χ0v) is 13.9. The molecule has 0 spiro atoms. The van der Waals surface area contributed by atoms with Gasteiger partial charge in [0.2, 0.25) is 0 Å². The summed E-state index contributed by atoms with van der Waals surface area (Å²) in [6.07, 6.45) is 2.45. The second-order valence-corrected chi connectivity index (χ2v) is 5.97. The van der Waals surface area contributed by atoms with Crippen LogP contribution in [0.3, 0.4) is 0 Å². The van der Waals surface area contributed by atoms with E-state index >= 15 is 0 Å². The molecular formula is C16H23ClN4. The van der Waals surface area contributed by atoms with Crippen LogP contribution in [0.5, 0.6) is 0 Å². The first-order valence-electron chi connectivity index (χ1n) is 7.40. The molecular weight excluding hydrogens is 284 g/mol. The zero-order chi connectivity index (χ0) is 15.4. The molecule has 0 aliphatic carbocycles. The topological polar surface area (TPSA) is 42.7 Å². The maximum Gasteiger partial charge on any atom is 0.138 e. The van der Waals surface area contributed by atoms with Gasteiger partial charge >= 0.3 is 0 Å². The molecule has 0 amide bonds. The Morgan fingerprint density at radius 1 is 1.33 bits per heavy atom. The molecule has 1 heterocycles. The second-order valence-electron chi connectivity index (χ2n) is 5.53. The molecule has 1 atom stereocenters. The fourth-order valence-corrected chi connectivity index (χ4v) is 2.83. The van der Waals surface area contributed by atoms with Crippen LogP contribution in [0.15, 0.2) is 24.5 Å². The first kappa shape index (κ1) is 16.0. The quantitative estimate of drug-likeness (QED) is 0.884. The Hall–Kier alpha value is -1.39. The van der Waals surface area contributed by atoms with Crippen molar-refractivity contribution in [2.45, 2.75) is 46.2 Å². The second kappa shape index (κ2) is 7.05. The average Bonchev–Trinajstić information content (AvgIpc) is 2.86. The summed E-state index contributed by atoms with van der Waals surface area (Å²) in [7, 11) is 0. The van der Waals surface area contributed by atoms with Crippen molar-refractivity contribution in [1.29, 1.82) is 0 Å². The number of hydrogen-bond acceptors (Lipinski definition) is 3. The standard InChI is InChI=1S/C16H23ClN4/c1-5-18-15(14-7-6-13(17)8-12(14)4)9-16-19-10-20-21(16)11(2)3/h6-8,10-11,15,18H,5,9H2,1-4H3. The van der Waals surface area contributed by atoms with Gasteiger partial charge in [0.25, 0.3) is 0 Å². The molecule has 0 aliphatic heterocycles. The van der Waals surface area contributed by atoms with Gasteiger partial charge in [-0.3, -0.25) is 0 Å². The first-order chi connectivity index (χ1) is 10.0. The molecule has 0 saturated heterocycles. The molecule has 4 nitrogen and oxygen atoms in total. The Bertz CT molecular complexity index is 592. The van der Waals surface area contributed by atoms with Gasteiger partial charge in [0, 0.05) is 23.5 Å². The normalized spacial score (nSPS) is 12.9. The Balaban J connectivity index is 2.28. The van der Waals surface area contributed by atoms with Crippen LogP contribution in [0.2, 0.25) is 5.02 Å². The Labute approximate surface area is 131 Å². The predicted molar refractivity (Wildman–Crippen MR) is 86.7 cm³/mol. The highest BCUT2D eigenvalue weighted by molar-refractivity contribution is 6.30. The van der Waals surface area contributed by atoms with E-state index in [-0.39, 0.29) is 6.04 Å². The number of halogens is 1. The molecule has 2 aromatic rings. The van der Waals surface area contributed by atoms with E-state index in [0.29, 0.717) is 6.04 Å². The third-order valence-electron chi connectivity index (χ3n) is 3.58. The van der Waals surface area contributed by atoms with Crippen molar-refractivity contribution in [3.05, 3.63) is 46.5 Å². The van der Waals surface area contributed by atoms with E-state index in [4.69, 9.17) is 11.6 Å². The van der Waals surface area contributed by atoms with Crippen LogP contribution in [0, 0.1) is 6.92 Å². The lowest BCUT2D eigenvalue weighted by Crippen LogP contribution is -2.25. The Morgan fingerprint density at radius 3 is 2.71 bits per heavy atom. The van der Waals surface area contributed by atoms with Gasteiger partial charge in [-0.25, -0.2) is 9.67 Å². The van der Waals surface area contributed by atoms with Crippen LogP contribution in [0.1, 0.15) is 49.8 Å². The van der Waals surface area contributed by atoms with Crippen LogP contribution in [-0.2, 0) is 6.42 Å². The number of likely N-dealkylation sites (N-methyl/N-ethyl adjacent to an activating group) is 1. The minimum atomic E-state index is 0.217. The molecule has 114 valence electrons. The number of nitrogens with zero attached hydrogens (tertiary/aromatic N) is 3. The summed E-state index contributed by atoms with van der Waals surface area (Å²) < 4.78 is 1.98. The van der Waals surface area contributed by atoms with Crippen LogP contribution in [0.25, 0.3) is 0 Å². The fourth-order valence-electron chi connectivity index (χ4n) is 2.60. The van der Waals surface area contributed by atoms with E-state index in [1.54, 1.807) is 6.33 Å². The van der Waals surface area contributed by atoms with Gasteiger partial charge in [0.05, 0.1) is 0 Å². The Morgan fingerprint density at radius 2 is 2.10 bits per heavy atom. The average molecular weight is 307 g/mol. The zero-order valence-electron chi connectivity index (χ0n) is 13.1. The summed E-state index contributed by atoms with van der Waals surface area (Å²) in [5.41, 5.74) is 2.46. The highest BCUT2D eigenvalue weighted by atomic mass is 35.5. The molecule has 1 N–H and O–H groups in total. The lowest BCUT2D eigenvalue weighted by atomic mass is 9.98. The molecule has 1 aromatic heterocycles. The highest BCUT2D eigenvalue weighted by Crippen LogP contribution is 2.24. The summed E-state index contributed by atoms with van der Waals surface area (Å²) in [6.45, 7) is 9.36. The van der Waals surface area contributed by atoms with Gasteiger partial charge in [0.1, 0.15) is 12.2 Å². The third-order valence-corrected chi connectivity index (χ3v) is 3.82. The number of nitrogens with one attached hydrogen (secondary N) is 1. The van der Waals surface area contributed by atoms with Gasteiger partial charge in [-0.1, -0.05) is 24.6 Å². The van der Waals surface area contributed by atoms with E-state index in [1.807, 2.05) is 16.8 Å². The molecule has 1 unspecified atom stereocenters. The SMILES string of the molecule is CCNC(Cc1ncnn1C(C)C)c1ccc(Cl)cc1C. The molecule has 0 bridgehead atoms. The van der Waals surface area contributed by atoms with Crippen molar-refractivity contribution in [2.75, 3.05) is 6.54 Å². The van der Waals surface area contributed by atoms with Gasteiger partial charge < -0.3 is 5.32 Å². The monoisotopic (exact) mass is 306 g/mol. The van der Waals surface area contributed by atoms with Crippen LogP contribution < -0.4 is 5.32 Å². The van der Waals surface area contributed by atoms with E-state index in [2.05, 4.69) is 49.2 Å². The molecule has 0 fully saturated rings. The minimum absolute atomic E-state index is 0.217. The molecule has 0 radical (unpaired) electrons. The number of rotatable bonds is 6. The van der Waals surface area contributed by atoms with E-state index in [9.17, 15) is 0 Å². The summed E-state index contributed by atoms with van der Waals surface area (Å²) in [5, 5.41) is 8.63. The van der Waals surface area contributed by atoms with E-state index in [0.717, 1.165) is 23.8 Å². The number of benzene rings is 1. The number of aryl methyl sites for hydroxylation is 1. The van der Waals surface area contributed by atoms with Crippen molar-refractivity contribution < 1.29 is 0 Å². The van der Waals surface area contributed by atoms with Crippen molar-refractivity contribution in [3.63, 3.8) is 0 Å². The molecule has 0 saturated carbocycles. The van der Waals surface area contributed by atoms with Crippen molar-refractivity contribution in [3.8, 4) is 0 Å². The summed E-state index contributed by atoms with van der Waals surface area (Å²) >= 11 is 6.06. The van der Waals surface area contributed by atoms with Crippen LogP contribution >= 0.6 is 11.6 Å². The van der Waals surface area contributed by atoms with Crippen LogP contribution in [0.4, 0.5) is 0 Å². The van der Waals surface area contributed by atoms with Crippen molar-refractivity contribution >= 4 is 11.6 Å². The predicted octanol–water partition coefficient (Wildman–Crippen LogP) is 3.71.